The highest BCUT2D eigenvalue weighted by molar-refractivity contribution is 7.71. The van der Waals surface area contributed by atoms with Gasteiger partial charge >= 0.3 is 0 Å². The average Bonchev–Trinajstić information content (AvgIpc) is 3.12. The molecule has 2 N–H and O–H groups in total. The molecule has 0 unspecified atom stereocenters. The molecule has 1 aromatic heterocycles. The molecule has 0 atom stereocenters. The van der Waals surface area contributed by atoms with Gasteiger partial charge in [-0.2, -0.15) is 5.10 Å². The second kappa shape index (κ2) is 11.2. The van der Waals surface area contributed by atoms with Crippen molar-refractivity contribution in [3.63, 3.8) is 0 Å². The zero-order chi connectivity index (χ0) is 24.0. The lowest BCUT2D eigenvalue weighted by atomic mass is 10.1. The number of carbonyl (C=O) groups is 2. The number of anilines is 1. The van der Waals surface area contributed by atoms with Crippen molar-refractivity contribution in [1.29, 1.82) is 0 Å². The summed E-state index contributed by atoms with van der Waals surface area (Å²) in [7, 11) is 1.58. The number of nitrogens with zero attached hydrogens (tertiary/aromatic N) is 3. The number of unbranched alkanes of at least 4 members (excludes halogenated alkanes) is 1. The minimum atomic E-state index is -0.192. The number of carbonyl (C=O) groups excluding carboxylic acids is 2. The van der Waals surface area contributed by atoms with E-state index in [2.05, 4.69) is 17.6 Å². The number of halogens is 1. The number of aryl methyl sites for hydroxylation is 1. The minimum absolute atomic E-state index is 0.176. The zero-order valence-corrected chi connectivity index (χ0v) is 20.6. The molecular weight excluding hydrogens is 458 g/mol. The predicted octanol–water partition coefficient (Wildman–Crippen LogP) is 5.23. The van der Waals surface area contributed by atoms with Crippen LogP contribution in [0.1, 0.15) is 42.1 Å². The van der Waals surface area contributed by atoms with Crippen LogP contribution in [0.4, 0.5) is 5.69 Å². The summed E-state index contributed by atoms with van der Waals surface area (Å²) < 4.78 is 4.29. The van der Waals surface area contributed by atoms with Gasteiger partial charge in [0.1, 0.15) is 0 Å². The Morgan fingerprint density at radius 1 is 1.12 bits per heavy atom. The second-order valence-corrected chi connectivity index (χ2v) is 8.50. The first-order valence-electron chi connectivity index (χ1n) is 10.9. The summed E-state index contributed by atoms with van der Waals surface area (Å²) in [6.45, 7) is 5.04. The summed E-state index contributed by atoms with van der Waals surface area (Å²) in [5, 5.41) is 10.9. The van der Waals surface area contributed by atoms with E-state index in [-0.39, 0.29) is 18.2 Å². The molecule has 0 aliphatic rings. The SMILES string of the molecule is CCCCn1c(-c2ccc(Cl)cc2)nn(CCC(=O)Nc2cccc(C(=O)NC)c2C)c1=S. The molecule has 0 fully saturated rings. The van der Waals surface area contributed by atoms with Crippen LogP contribution in [0, 0.1) is 11.7 Å². The third kappa shape index (κ3) is 5.89. The Hall–Kier alpha value is -2.97. The van der Waals surface area contributed by atoms with Gasteiger partial charge in [-0.3, -0.25) is 14.2 Å². The van der Waals surface area contributed by atoms with Crippen LogP contribution in [0.2, 0.25) is 5.02 Å². The molecule has 3 aromatic rings. The van der Waals surface area contributed by atoms with Crippen LogP contribution in [0.15, 0.2) is 42.5 Å². The molecule has 0 spiro atoms. The number of hydrogen-bond donors (Lipinski definition) is 2. The molecular formula is C24H28ClN5O2S. The van der Waals surface area contributed by atoms with E-state index in [9.17, 15) is 9.59 Å². The molecule has 0 saturated heterocycles. The maximum absolute atomic E-state index is 12.7. The van der Waals surface area contributed by atoms with Crippen molar-refractivity contribution in [2.24, 2.45) is 0 Å². The number of rotatable bonds is 9. The first-order valence-corrected chi connectivity index (χ1v) is 11.7. The van der Waals surface area contributed by atoms with Gasteiger partial charge in [-0.15, -0.1) is 0 Å². The van der Waals surface area contributed by atoms with E-state index in [0.717, 1.165) is 36.3 Å². The van der Waals surface area contributed by atoms with Crippen molar-refractivity contribution in [2.75, 3.05) is 12.4 Å². The monoisotopic (exact) mass is 485 g/mol. The fourth-order valence-corrected chi connectivity index (χ4v) is 3.92. The van der Waals surface area contributed by atoms with Crippen LogP contribution < -0.4 is 10.6 Å². The molecule has 0 aliphatic heterocycles. The standard InChI is InChI=1S/C24H28ClN5O2S/c1-4-5-14-29-22(17-9-11-18(25)12-10-17)28-30(24(29)33)15-13-21(31)27-20-8-6-7-19(16(20)2)23(32)26-3/h6-12H,4-5,13-15H2,1-3H3,(H,26,32)(H,27,31). The van der Waals surface area contributed by atoms with Gasteiger partial charge in [-0.1, -0.05) is 31.0 Å². The summed E-state index contributed by atoms with van der Waals surface area (Å²) in [6, 6.07) is 12.7. The molecule has 2 amide bonds. The fraction of sp³-hybridized carbons (Fsp3) is 0.333. The van der Waals surface area contributed by atoms with E-state index in [1.165, 1.54) is 0 Å². The van der Waals surface area contributed by atoms with Crippen molar-refractivity contribution < 1.29 is 9.59 Å². The van der Waals surface area contributed by atoms with Gasteiger partial charge in [-0.05, 0) is 67.5 Å². The third-order valence-electron chi connectivity index (χ3n) is 5.39. The lowest BCUT2D eigenvalue weighted by Gasteiger charge is -2.11. The predicted molar refractivity (Wildman–Crippen MR) is 134 cm³/mol. The summed E-state index contributed by atoms with van der Waals surface area (Å²) in [4.78, 5) is 24.7. The summed E-state index contributed by atoms with van der Waals surface area (Å²) >= 11 is 11.7. The Morgan fingerprint density at radius 3 is 2.52 bits per heavy atom. The molecule has 1 heterocycles. The lowest BCUT2D eigenvalue weighted by Crippen LogP contribution is -2.20. The number of amides is 2. The molecule has 7 nitrogen and oxygen atoms in total. The van der Waals surface area contributed by atoms with Gasteiger partial charge in [0.15, 0.2) is 10.6 Å². The van der Waals surface area contributed by atoms with Gasteiger partial charge in [0.25, 0.3) is 5.91 Å². The lowest BCUT2D eigenvalue weighted by molar-refractivity contribution is -0.116. The van der Waals surface area contributed by atoms with Crippen LogP contribution >= 0.6 is 23.8 Å². The molecule has 0 radical (unpaired) electrons. The zero-order valence-electron chi connectivity index (χ0n) is 19.0. The normalized spacial score (nSPS) is 10.8. The average molecular weight is 486 g/mol. The smallest absolute Gasteiger partial charge is 0.251 e. The largest absolute Gasteiger partial charge is 0.355 e. The fourth-order valence-electron chi connectivity index (χ4n) is 3.49. The Labute approximate surface area is 203 Å². The van der Waals surface area contributed by atoms with E-state index in [4.69, 9.17) is 28.9 Å². The van der Waals surface area contributed by atoms with Gasteiger partial charge < -0.3 is 10.6 Å². The van der Waals surface area contributed by atoms with Crippen molar-refractivity contribution in [3.8, 4) is 11.4 Å². The molecule has 0 bridgehead atoms. The maximum Gasteiger partial charge on any atom is 0.251 e. The maximum atomic E-state index is 12.7. The van der Waals surface area contributed by atoms with E-state index in [1.54, 1.807) is 29.9 Å². The summed E-state index contributed by atoms with van der Waals surface area (Å²) in [5.74, 6) is 0.395. The first-order chi connectivity index (χ1) is 15.8. The quantitative estimate of drug-likeness (QED) is 0.406. The van der Waals surface area contributed by atoms with Crippen molar-refractivity contribution in [1.82, 2.24) is 19.7 Å². The first kappa shape index (κ1) is 24.7. The van der Waals surface area contributed by atoms with Gasteiger partial charge in [0.2, 0.25) is 5.91 Å². The topological polar surface area (TPSA) is 81.0 Å². The van der Waals surface area contributed by atoms with E-state index >= 15 is 0 Å². The van der Waals surface area contributed by atoms with Crippen LogP contribution in [-0.2, 0) is 17.9 Å². The van der Waals surface area contributed by atoms with Gasteiger partial charge in [-0.25, -0.2) is 4.68 Å². The number of nitrogens with one attached hydrogen (secondary N) is 2. The number of benzene rings is 2. The Morgan fingerprint density at radius 2 is 1.85 bits per heavy atom. The van der Waals surface area contributed by atoms with Crippen molar-refractivity contribution in [2.45, 2.75) is 46.2 Å². The van der Waals surface area contributed by atoms with Crippen LogP contribution in [0.3, 0.4) is 0 Å². The van der Waals surface area contributed by atoms with Gasteiger partial charge in [0.05, 0.1) is 6.54 Å². The molecule has 33 heavy (non-hydrogen) atoms. The van der Waals surface area contributed by atoms with Crippen molar-refractivity contribution in [3.05, 3.63) is 63.4 Å². The molecule has 0 aliphatic carbocycles. The third-order valence-corrected chi connectivity index (χ3v) is 6.07. The molecule has 2 aromatic carbocycles. The molecule has 174 valence electrons. The van der Waals surface area contributed by atoms with E-state index in [1.807, 2.05) is 35.8 Å². The van der Waals surface area contributed by atoms with Crippen molar-refractivity contribution >= 4 is 41.3 Å². The summed E-state index contributed by atoms with van der Waals surface area (Å²) in [5.41, 5.74) is 2.78. The minimum Gasteiger partial charge on any atom is -0.355 e. The highest BCUT2D eigenvalue weighted by atomic mass is 35.5. The van der Waals surface area contributed by atoms with Crippen LogP contribution in [0.5, 0.6) is 0 Å². The van der Waals surface area contributed by atoms with E-state index in [0.29, 0.717) is 27.6 Å². The number of aromatic nitrogens is 3. The van der Waals surface area contributed by atoms with Gasteiger partial charge in [0, 0.05) is 41.9 Å². The van der Waals surface area contributed by atoms with Crippen LogP contribution in [0.25, 0.3) is 11.4 Å². The van der Waals surface area contributed by atoms with Crippen LogP contribution in [-0.4, -0.2) is 33.2 Å². The molecule has 0 saturated carbocycles. The Bertz CT molecular complexity index is 1200. The highest BCUT2D eigenvalue weighted by Crippen LogP contribution is 2.22. The Balaban J connectivity index is 1.77. The molecule has 9 heteroatoms. The Kier molecular flexibility index (Phi) is 8.41. The summed E-state index contributed by atoms with van der Waals surface area (Å²) in [6.07, 6.45) is 2.20. The highest BCUT2D eigenvalue weighted by Gasteiger charge is 2.15. The molecule has 3 rings (SSSR count). The number of hydrogen-bond acceptors (Lipinski definition) is 4. The van der Waals surface area contributed by atoms with E-state index < -0.39 is 0 Å². The second-order valence-electron chi connectivity index (χ2n) is 7.70.